The molecule has 1 heterocycles. The molecule has 3 N–H and O–H groups in total. The van der Waals surface area contributed by atoms with Crippen molar-refractivity contribution in [3.63, 3.8) is 0 Å². The molecule has 1 aliphatic rings. The quantitative estimate of drug-likeness (QED) is 0.744. The predicted octanol–water partition coefficient (Wildman–Crippen LogP) is 1.10. The standard InChI is InChI=1S/C11H14N4O/c12-11(16)9-6-7-10(15-14-9)13-8-4-2-1-3-5-8/h1-2,6-8H,3-5H2,(H2,12,16)(H,13,15). The molecular weight excluding hydrogens is 204 g/mol. The van der Waals surface area contributed by atoms with E-state index in [2.05, 4.69) is 27.7 Å². The first-order valence-corrected chi connectivity index (χ1v) is 5.31. The van der Waals surface area contributed by atoms with E-state index >= 15 is 0 Å². The summed E-state index contributed by atoms with van der Waals surface area (Å²) >= 11 is 0. The lowest BCUT2D eigenvalue weighted by atomic mass is 10.0. The summed E-state index contributed by atoms with van der Waals surface area (Å²) in [5.74, 6) is 0.130. The van der Waals surface area contributed by atoms with Crippen LogP contribution in [-0.4, -0.2) is 22.1 Å². The summed E-state index contributed by atoms with van der Waals surface area (Å²) in [7, 11) is 0. The van der Waals surface area contributed by atoms with Crippen molar-refractivity contribution in [2.45, 2.75) is 25.3 Å². The lowest BCUT2D eigenvalue weighted by Crippen LogP contribution is -2.21. The Labute approximate surface area is 93.7 Å². The Morgan fingerprint density at radius 3 is 2.81 bits per heavy atom. The van der Waals surface area contributed by atoms with Gasteiger partial charge in [-0.3, -0.25) is 4.79 Å². The molecule has 1 aromatic rings. The average molecular weight is 218 g/mol. The van der Waals surface area contributed by atoms with Crippen molar-refractivity contribution < 1.29 is 4.79 Å². The zero-order valence-corrected chi connectivity index (χ0v) is 8.89. The van der Waals surface area contributed by atoms with Crippen LogP contribution in [0.3, 0.4) is 0 Å². The molecule has 0 fully saturated rings. The third-order valence-corrected chi connectivity index (χ3v) is 2.54. The molecule has 0 aromatic carbocycles. The Balaban J connectivity index is 1.99. The van der Waals surface area contributed by atoms with Crippen molar-refractivity contribution in [3.05, 3.63) is 30.0 Å². The van der Waals surface area contributed by atoms with Gasteiger partial charge in [0.25, 0.3) is 5.91 Å². The van der Waals surface area contributed by atoms with E-state index in [0.29, 0.717) is 11.9 Å². The first-order valence-electron chi connectivity index (χ1n) is 5.31. The van der Waals surface area contributed by atoms with E-state index in [1.165, 1.54) is 0 Å². The first kappa shape index (κ1) is 10.6. The van der Waals surface area contributed by atoms with Crippen LogP contribution in [0.5, 0.6) is 0 Å². The highest BCUT2D eigenvalue weighted by Gasteiger charge is 2.10. The highest BCUT2D eigenvalue weighted by atomic mass is 16.1. The molecule has 1 unspecified atom stereocenters. The zero-order valence-electron chi connectivity index (χ0n) is 8.89. The molecule has 16 heavy (non-hydrogen) atoms. The second-order valence-electron chi connectivity index (χ2n) is 3.79. The maximum Gasteiger partial charge on any atom is 0.269 e. The van der Waals surface area contributed by atoms with Gasteiger partial charge in [-0.15, -0.1) is 10.2 Å². The van der Waals surface area contributed by atoms with Crippen LogP contribution in [-0.2, 0) is 0 Å². The third-order valence-electron chi connectivity index (χ3n) is 2.54. The van der Waals surface area contributed by atoms with Gasteiger partial charge in [-0.25, -0.2) is 0 Å². The van der Waals surface area contributed by atoms with E-state index < -0.39 is 5.91 Å². The van der Waals surface area contributed by atoms with Gasteiger partial charge in [-0.05, 0) is 31.4 Å². The summed E-state index contributed by atoms with van der Waals surface area (Å²) in [4.78, 5) is 10.8. The second kappa shape index (κ2) is 4.74. The van der Waals surface area contributed by atoms with Crippen molar-refractivity contribution >= 4 is 11.7 Å². The largest absolute Gasteiger partial charge is 0.366 e. The molecule has 1 aromatic heterocycles. The van der Waals surface area contributed by atoms with Crippen LogP contribution >= 0.6 is 0 Å². The van der Waals surface area contributed by atoms with Crippen molar-refractivity contribution in [1.82, 2.24) is 10.2 Å². The number of nitrogens with two attached hydrogens (primary N) is 1. The smallest absolute Gasteiger partial charge is 0.269 e. The number of nitrogens with zero attached hydrogens (tertiary/aromatic N) is 2. The van der Waals surface area contributed by atoms with Gasteiger partial charge in [0.05, 0.1) is 0 Å². The Morgan fingerprint density at radius 1 is 1.38 bits per heavy atom. The minimum Gasteiger partial charge on any atom is -0.366 e. The molecule has 1 amide bonds. The number of carbonyl (C=O) groups is 1. The van der Waals surface area contributed by atoms with E-state index in [4.69, 9.17) is 5.73 Å². The summed E-state index contributed by atoms with van der Waals surface area (Å²) in [6.45, 7) is 0. The Kier molecular flexibility index (Phi) is 3.14. The predicted molar refractivity (Wildman–Crippen MR) is 61.0 cm³/mol. The molecule has 0 bridgehead atoms. The Morgan fingerprint density at radius 2 is 2.25 bits per heavy atom. The number of hydrogen-bond acceptors (Lipinski definition) is 4. The summed E-state index contributed by atoms with van der Waals surface area (Å²) in [6, 6.07) is 3.71. The van der Waals surface area contributed by atoms with Crippen LogP contribution < -0.4 is 11.1 Å². The molecule has 1 atom stereocenters. The number of rotatable bonds is 3. The number of allylic oxidation sites excluding steroid dienone is 1. The van der Waals surface area contributed by atoms with E-state index in [-0.39, 0.29) is 5.69 Å². The first-order chi connectivity index (χ1) is 7.75. The number of amides is 1. The second-order valence-corrected chi connectivity index (χ2v) is 3.79. The van der Waals surface area contributed by atoms with Crippen LogP contribution in [0.15, 0.2) is 24.3 Å². The van der Waals surface area contributed by atoms with E-state index in [9.17, 15) is 4.79 Å². The van der Waals surface area contributed by atoms with Crippen LogP contribution in [0.4, 0.5) is 5.82 Å². The van der Waals surface area contributed by atoms with Gasteiger partial charge in [0.2, 0.25) is 0 Å². The van der Waals surface area contributed by atoms with Gasteiger partial charge in [0.1, 0.15) is 5.82 Å². The number of nitrogens with one attached hydrogen (secondary N) is 1. The molecule has 84 valence electrons. The summed E-state index contributed by atoms with van der Waals surface area (Å²) in [5.41, 5.74) is 5.27. The van der Waals surface area contributed by atoms with Crippen LogP contribution in [0.1, 0.15) is 29.8 Å². The normalized spacial score (nSPS) is 19.4. The van der Waals surface area contributed by atoms with Crippen molar-refractivity contribution in [2.24, 2.45) is 5.73 Å². The lowest BCUT2D eigenvalue weighted by Gasteiger charge is -2.19. The summed E-state index contributed by atoms with van der Waals surface area (Å²) in [6.07, 6.45) is 7.52. The molecule has 0 saturated carbocycles. The number of hydrogen-bond donors (Lipinski definition) is 2. The minimum atomic E-state index is -0.556. The van der Waals surface area contributed by atoms with E-state index in [0.717, 1.165) is 19.3 Å². The fourth-order valence-corrected chi connectivity index (χ4v) is 1.67. The lowest BCUT2D eigenvalue weighted by molar-refractivity contribution is 0.0994. The van der Waals surface area contributed by atoms with Gasteiger partial charge < -0.3 is 11.1 Å². The molecule has 5 heteroatoms. The van der Waals surface area contributed by atoms with Gasteiger partial charge in [0.15, 0.2) is 5.69 Å². The average Bonchev–Trinajstić information content (AvgIpc) is 2.31. The van der Waals surface area contributed by atoms with Crippen LogP contribution in [0.2, 0.25) is 0 Å². The maximum absolute atomic E-state index is 10.8. The van der Waals surface area contributed by atoms with Gasteiger partial charge >= 0.3 is 0 Å². The zero-order chi connectivity index (χ0) is 11.4. The van der Waals surface area contributed by atoms with Gasteiger partial charge in [-0.2, -0.15) is 0 Å². The molecule has 0 spiro atoms. The molecular formula is C11H14N4O. The number of anilines is 1. The van der Waals surface area contributed by atoms with Crippen LogP contribution in [0, 0.1) is 0 Å². The molecule has 5 nitrogen and oxygen atoms in total. The third kappa shape index (κ3) is 2.56. The molecule has 0 saturated heterocycles. The molecule has 1 aliphatic carbocycles. The van der Waals surface area contributed by atoms with Gasteiger partial charge in [-0.1, -0.05) is 12.2 Å². The SMILES string of the molecule is NC(=O)c1ccc(NC2CC=CCC2)nn1. The van der Waals surface area contributed by atoms with Crippen LogP contribution in [0.25, 0.3) is 0 Å². The number of carbonyl (C=O) groups excluding carboxylic acids is 1. The van der Waals surface area contributed by atoms with Crippen molar-refractivity contribution in [1.29, 1.82) is 0 Å². The Bertz CT molecular complexity index is 399. The van der Waals surface area contributed by atoms with Crippen molar-refractivity contribution in [2.75, 3.05) is 5.32 Å². The number of primary amides is 1. The van der Waals surface area contributed by atoms with E-state index in [1.807, 2.05) is 0 Å². The fraction of sp³-hybridized carbons (Fsp3) is 0.364. The molecule has 0 radical (unpaired) electrons. The highest BCUT2D eigenvalue weighted by molar-refractivity contribution is 5.90. The highest BCUT2D eigenvalue weighted by Crippen LogP contribution is 2.15. The monoisotopic (exact) mass is 218 g/mol. The fourth-order valence-electron chi connectivity index (χ4n) is 1.67. The van der Waals surface area contributed by atoms with Gasteiger partial charge in [0, 0.05) is 6.04 Å². The van der Waals surface area contributed by atoms with E-state index in [1.54, 1.807) is 12.1 Å². The Hall–Kier alpha value is -1.91. The number of aromatic nitrogens is 2. The summed E-state index contributed by atoms with van der Waals surface area (Å²) < 4.78 is 0. The molecule has 0 aliphatic heterocycles. The minimum absolute atomic E-state index is 0.189. The maximum atomic E-state index is 10.8. The topological polar surface area (TPSA) is 80.9 Å². The van der Waals surface area contributed by atoms with Crippen molar-refractivity contribution in [3.8, 4) is 0 Å². The molecule has 2 rings (SSSR count). The summed E-state index contributed by atoms with van der Waals surface area (Å²) in [5, 5.41) is 10.9.